The number of carbonyl (C=O) groups is 2. The van der Waals surface area contributed by atoms with E-state index in [1.165, 1.54) is 0 Å². The molecule has 4 N–H and O–H groups in total. The van der Waals surface area contributed by atoms with Crippen molar-refractivity contribution in [3.8, 4) is 0 Å². The molecule has 0 radical (unpaired) electrons. The second-order valence-electron chi connectivity index (χ2n) is 4.72. The molecular formula is C12H21N3O3. The normalized spacial score (nSPS) is 23.9. The molecule has 102 valence electrons. The van der Waals surface area contributed by atoms with Crippen LogP contribution in [0.4, 0.5) is 0 Å². The average molecular weight is 255 g/mol. The van der Waals surface area contributed by atoms with E-state index < -0.39 is 12.0 Å². The molecule has 0 aromatic heterocycles. The number of hydrogen-bond donors (Lipinski definition) is 3. The van der Waals surface area contributed by atoms with Crippen LogP contribution >= 0.6 is 0 Å². The maximum Gasteiger partial charge on any atom is 0.320 e. The van der Waals surface area contributed by atoms with Gasteiger partial charge in [0.1, 0.15) is 12.1 Å². The Kier molecular flexibility index (Phi) is 5.77. The lowest BCUT2D eigenvalue weighted by molar-refractivity contribution is -0.138. The van der Waals surface area contributed by atoms with Gasteiger partial charge in [-0.25, -0.2) is 0 Å². The van der Waals surface area contributed by atoms with Gasteiger partial charge in [0.2, 0.25) is 5.91 Å². The number of amides is 1. The van der Waals surface area contributed by atoms with Crippen LogP contribution in [0.15, 0.2) is 4.99 Å². The molecule has 1 amide bonds. The predicted molar refractivity (Wildman–Crippen MR) is 68.5 cm³/mol. The van der Waals surface area contributed by atoms with Crippen LogP contribution in [0.3, 0.4) is 0 Å². The van der Waals surface area contributed by atoms with Crippen molar-refractivity contribution >= 4 is 18.1 Å². The zero-order chi connectivity index (χ0) is 13.5. The number of aliphatic carboxylic acids is 1. The van der Waals surface area contributed by atoms with Crippen molar-refractivity contribution in [1.29, 1.82) is 0 Å². The summed E-state index contributed by atoms with van der Waals surface area (Å²) < 4.78 is 0. The molecule has 1 unspecified atom stereocenters. The molecule has 0 aromatic rings. The fourth-order valence-electron chi connectivity index (χ4n) is 1.87. The van der Waals surface area contributed by atoms with Crippen LogP contribution in [-0.2, 0) is 9.59 Å². The number of carboxylic acid groups (broad SMARTS) is 1. The number of nitrogens with two attached hydrogens (primary N) is 1. The molecule has 6 nitrogen and oxygen atoms in total. The first kappa shape index (κ1) is 14.6. The minimum atomic E-state index is -0.979. The number of rotatable bonds is 7. The van der Waals surface area contributed by atoms with Crippen LogP contribution in [0.1, 0.15) is 32.6 Å². The highest BCUT2D eigenvalue weighted by Crippen LogP contribution is 2.16. The Morgan fingerprint density at radius 1 is 1.56 bits per heavy atom. The Morgan fingerprint density at radius 3 is 2.83 bits per heavy atom. The van der Waals surface area contributed by atoms with Gasteiger partial charge in [0.05, 0.1) is 0 Å². The van der Waals surface area contributed by atoms with Crippen molar-refractivity contribution in [1.82, 2.24) is 5.32 Å². The SMILES string of the molecule is CC1CC=N[C@H]1C(=O)NCCCC[C@H](N)C(=O)O. The highest BCUT2D eigenvalue weighted by atomic mass is 16.4. The van der Waals surface area contributed by atoms with Crippen molar-refractivity contribution in [3.63, 3.8) is 0 Å². The number of nitrogens with one attached hydrogen (secondary N) is 1. The second-order valence-corrected chi connectivity index (χ2v) is 4.72. The molecular weight excluding hydrogens is 234 g/mol. The third-order valence-electron chi connectivity index (χ3n) is 3.11. The van der Waals surface area contributed by atoms with E-state index in [2.05, 4.69) is 10.3 Å². The van der Waals surface area contributed by atoms with E-state index in [4.69, 9.17) is 10.8 Å². The van der Waals surface area contributed by atoms with Gasteiger partial charge in [-0.1, -0.05) is 6.92 Å². The molecule has 0 aliphatic carbocycles. The first-order valence-corrected chi connectivity index (χ1v) is 6.30. The van der Waals surface area contributed by atoms with Crippen LogP contribution in [-0.4, -0.2) is 41.8 Å². The van der Waals surface area contributed by atoms with Gasteiger partial charge in [0, 0.05) is 12.8 Å². The second kappa shape index (κ2) is 7.10. The highest BCUT2D eigenvalue weighted by Gasteiger charge is 2.26. The lowest BCUT2D eigenvalue weighted by Gasteiger charge is -2.13. The molecule has 0 saturated heterocycles. The van der Waals surface area contributed by atoms with E-state index in [1.54, 1.807) is 6.21 Å². The van der Waals surface area contributed by atoms with Gasteiger partial charge in [0.15, 0.2) is 0 Å². The molecule has 0 spiro atoms. The maximum absolute atomic E-state index is 11.7. The Morgan fingerprint density at radius 2 is 2.28 bits per heavy atom. The minimum absolute atomic E-state index is 0.0428. The third-order valence-corrected chi connectivity index (χ3v) is 3.11. The quantitative estimate of drug-likeness (QED) is 0.564. The summed E-state index contributed by atoms with van der Waals surface area (Å²) in [7, 11) is 0. The van der Waals surface area contributed by atoms with Crippen molar-refractivity contribution in [2.45, 2.75) is 44.7 Å². The van der Waals surface area contributed by atoms with Crippen LogP contribution in [0, 0.1) is 5.92 Å². The summed E-state index contributed by atoms with van der Waals surface area (Å²) in [5.41, 5.74) is 5.37. The van der Waals surface area contributed by atoms with Crippen molar-refractivity contribution in [2.75, 3.05) is 6.54 Å². The zero-order valence-corrected chi connectivity index (χ0v) is 10.6. The Hall–Kier alpha value is -1.43. The monoisotopic (exact) mass is 255 g/mol. The average Bonchev–Trinajstić information content (AvgIpc) is 2.74. The molecule has 18 heavy (non-hydrogen) atoms. The molecule has 1 rings (SSSR count). The van der Waals surface area contributed by atoms with Gasteiger partial charge in [-0.2, -0.15) is 0 Å². The van der Waals surface area contributed by atoms with Crippen molar-refractivity contribution in [3.05, 3.63) is 0 Å². The van der Waals surface area contributed by atoms with Crippen LogP contribution < -0.4 is 11.1 Å². The van der Waals surface area contributed by atoms with Gasteiger partial charge in [-0.15, -0.1) is 0 Å². The number of nitrogens with zero attached hydrogens (tertiary/aromatic N) is 1. The summed E-state index contributed by atoms with van der Waals surface area (Å²) in [6, 6.07) is -1.06. The molecule has 6 heteroatoms. The standard InChI is InChI=1S/C12H21N3O3/c1-8-5-7-14-10(8)11(16)15-6-3-2-4-9(13)12(17)18/h7-10H,2-6,13H2,1H3,(H,15,16)(H,17,18)/t8?,9-,10+/m0/s1. The number of carbonyl (C=O) groups excluding carboxylic acids is 1. The van der Waals surface area contributed by atoms with Gasteiger partial charge in [-0.3, -0.25) is 14.6 Å². The Balaban J connectivity index is 2.09. The maximum atomic E-state index is 11.7. The van der Waals surface area contributed by atoms with E-state index in [-0.39, 0.29) is 17.9 Å². The minimum Gasteiger partial charge on any atom is -0.480 e. The molecule has 1 aliphatic heterocycles. The zero-order valence-electron chi connectivity index (χ0n) is 10.6. The summed E-state index contributed by atoms with van der Waals surface area (Å²) in [5, 5.41) is 11.4. The van der Waals surface area contributed by atoms with Crippen molar-refractivity contribution in [2.24, 2.45) is 16.6 Å². The van der Waals surface area contributed by atoms with E-state index in [1.807, 2.05) is 6.92 Å². The number of hydrogen-bond acceptors (Lipinski definition) is 4. The van der Waals surface area contributed by atoms with Gasteiger partial charge in [-0.05, 0) is 31.6 Å². The Bertz CT molecular complexity index is 331. The van der Waals surface area contributed by atoms with Crippen LogP contribution in [0.2, 0.25) is 0 Å². The molecule has 0 fully saturated rings. The number of carboxylic acids is 1. The van der Waals surface area contributed by atoms with Crippen LogP contribution in [0.25, 0.3) is 0 Å². The first-order chi connectivity index (χ1) is 8.52. The summed E-state index contributed by atoms with van der Waals surface area (Å²) in [6.45, 7) is 2.55. The predicted octanol–water partition coefficient (Wildman–Crippen LogP) is 0.164. The van der Waals surface area contributed by atoms with E-state index >= 15 is 0 Å². The topological polar surface area (TPSA) is 105 Å². The first-order valence-electron chi connectivity index (χ1n) is 6.30. The Labute approximate surface area is 107 Å². The third kappa shape index (κ3) is 4.44. The van der Waals surface area contributed by atoms with E-state index in [0.717, 1.165) is 12.8 Å². The lowest BCUT2D eigenvalue weighted by atomic mass is 10.0. The van der Waals surface area contributed by atoms with Crippen LogP contribution in [0.5, 0.6) is 0 Å². The molecule has 3 atom stereocenters. The molecule has 1 aliphatic rings. The number of unbranched alkanes of at least 4 members (excludes halogenated alkanes) is 1. The molecule has 1 heterocycles. The van der Waals surface area contributed by atoms with Crippen molar-refractivity contribution < 1.29 is 14.7 Å². The highest BCUT2D eigenvalue weighted by molar-refractivity contribution is 5.85. The molecule has 0 bridgehead atoms. The van der Waals surface area contributed by atoms with E-state index in [0.29, 0.717) is 19.4 Å². The fraction of sp³-hybridized carbons (Fsp3) is 0.750. The largest absolute Gasteiger partial charge is 0.480 e. The van der Waals surface area contributed by atoms with Gasteiger partial charge < -0.3 is 16.2 Å². The lowest BCUT2D eigenvalue weighted by Crippen LogP contribution is -2.36. The smallest absolute Gasteiger partial charge is 0.320 e. The summed E-state index contributed by atoms with van der Waals surface area (Å²) in [4.78, 5) is 26.3. The number of aliphatic imine (C=N–C) groups is 1. The fourth-order valence-corrected chi connectivity index (χ4v) is 1.87. The molecule has 0 saturated carbocycles. The summed E-state index contributed by atoms with van der Waals surface area (Å²) in [6.07, 6.45) is 4.50. The summed E-state index contributed by atoms with van der Waals surface area (Å²) >= 11 is 0. The summed E-state index contributed by atoms with van der Waals surface area (Å²) in [5.74, 6) is -0.752. The molecule has 0 aromatic carbocycles. The van der Waals surface area contributed by atoms with Gasteiger partial charge >= 0.3 is 5.97 Å². The van der Waals surface area contributed by atoms with E-state index in [9.17, 15) is 9.59 Å². The van der Waals surface area contributed by atoms with Gasteiger partial charge in [0.25, 0.3) is 0 Å².